The second kappa shape index (κ2) is 6.50. The number of benzene rings is 1. The van der Waals surface area contributed by atoms with E-state index < -0.39 is 0 Å². The zero-order valence-corrected chi connectivity index (χ0v) is 13.8. The summed E-state index contributed by atoms with van der Waals surface area (Å²) in [5.74, 6) is 1.80. The van der Waals surface area contributed by atoms with Crippen molar-refractivity contribution < 1.29 is 4.79 Å². The molecule has 0 aliphatic carbocycles. The summed E-state index contributed by atoms with van der Waals surface area (Å²) in [6, 6.07) is 8.33. The van der Waals surface area contributed by atoms with Crippen LogP contribution in [0.3, 0.4) is 0 Å². The lowest BCUT2D eigenvalue weighted by Crippen LogP contribution is -2.30. The maximum absolute atomic E-state index is 11.2. The van der Waals surface area contributed by atoms with Crippen molar-refractivity contribution in [3.8, 4) is 0 Å². The molecule has 0 bridgehead atoms. The minimum Gasteiger partial charge on any atom is -0.326 e. The summed E-state index contributed by atoms with van der Waals surface area (Å²) in [5, 5.41) is 10.9. The highest BCUT2D eigenvalue weighted by atomic mass is 16.1. The van der Waals surface area contributed by atoms with Gasteiger partial charge in [0, 0.05) is 25.2 Å². The quantitative estimate of drug-likeness (QED) is 0.910. The van der Waals surface area contributed by atoms with Crippen LogP contribution in [0.15, 0.2) is 24.3 Å². The van der Waals surface area contributed by atoms with Crippen LogP contribution in [0.2, 0.25) is 0 Å². The van der Waals surface area contributed by atoms with E-state index in [9.17, 15) is 4.79 Å². The molecule has 0 radical (unpaired) electrons. The van der Waals surface area contributed by atoms with Gasteiger partial charge in [0.05, 0.1) is 6.04 Å². The second-order valence-electron chi connectivity index (χ2n) is 6.13. The summed E-state index contributed by atoms with van der Waals surface area (Å²) in [6.07, 6.45) is 2.17. The van der Waals surface area contributed by atoms with Gasteiger partial charge in [0.15, 0.2) is 0 Å². The number of fused-ring (bicyclic) bond motifs is 1. The number of hydrogen-bond donors (Lipinski definition) is 2. The third-order valence-electron chi connectivity index (χ3n) is 4.14. The molecule has 0 saturated carbocycles. The average Bonchev–Trinajstić information content (AvgIpc) is 2.88. The van der Waals surface area contributed by atoms with Crippen molar-refractivity contribution in [3.05, 3.63) is 41.5 Å². The lowest BCUT2D eigenvalue weighted by molar-refractivity contribution is -0.114. The van der Waals surface area contributed by atoms with Crippen LogP contribution in [0.1, 0.15) is 56.0 Å². The predicted octanol–water partition coefficient (Wildman–Crippen LogP) is 2.73. The molecule has 0 spiro atoms. The molecule has 1 aromatic carbocycles. The van der Waals surface area contributed by atoms with E-state index in [1.165, 1.54) is 6.92 Å². The number of rotatable bonds is 4. The normalized spacial score (nSPS) is 18.3. The highest BCUT2D eigenvalue weighted by Gasteiger charge is 2.25. The predicted molar refractivity (Wildman–Crippen MR) is 89.0 cm³/mol. The van der Waals surface area contributed by atoms with Crippen molar-refractivity contribution >= 4 is 11.6 Å². The molecule has 6 nitrogen and oxygen atoms in total. The molecule has 1 aliphatic rings. The fourth-order valence-corrected chi connectivity index (χ4v) is 3.11. The number of nitrogens with zero attached hydrogens (tertiary/aromatic N) is 3. The van der Waals surface area contributed by atoms with Crippen LogP contribution in [-0.4, -0.2) is 20.7 Å². The summed E-state index contributed by atoms with van der Waals surface area (Å²) in [5.41, 5.74) is 1.97. The Kier molecular flexibility index (Phi) is 4.43. The summed E-state index contributed by atoms with van der Waals surface area (Å²) in [4.78, 5) is 15.8. The van der Waals surface area contributed by atoms with Gasteiger partial charge in [-0.15, -0.1) is 0 Å². The van der Waals surface area contributed by atoms with Crippen molar-refractivity contribution in [2.75, 3.05) is 5.32 Å². The van der Waals surface area contributed by atoms with E-state index in [1.54, 1.807) is 0 Å². The van der Waals surface area contributed by atoms with E-state index in [4.69, 9.17) is 0 Å². The third kappa shape index (κ3) is 3.59. The number of nitrogens with one attached hydrogen (secondary N) is 2. The summed E-state index contributed by atoms with van der Waals surface area (Å²) in [6.45, 7) is 6.53. The molecular weight excluding hydrogens is 290 g/mol. The molecule has 2 heterocycles. The maximum Gasteiger partial charge on any atom is 0.221 e. The lowest BCUT2D eigenvalue weighted by Gasteiger charge is -2.27. The van der Waals surface area contributed by atoms with E-state index in [0.29, 0.717) is 0 Å². The molecule has 2 atom stereocenters. The van der Waals surface area contributed by atoms with Gasteiger partial charge in [-0.3, -0.25) is 4.79 Å². The van der Waals surface area contributed by atoms with E-state index in [2.05, 4.69) is 33.7 Å². The molecule has 3 rings (SSSR count). The number of aryl methyl sites for hydroxylation is 2. The van der Waals surface area contributed by atoms with Crippen LogP contribution in [-0.2, 0) is 11.3 Å². The van der Waals surface area contributed by atoms with Crippen LogP contribution in [0.4, 0.5) is 5.69 Å². The third-order valence-corrected chi connectivity index (χ3v) is 4.14. The maximum atomic E-state index is 11.2. The van der Waals surface area contributed by atoms with Crippen LogP contribution in [0.25, 0.3) is 0 Å². The van der Waals surface area contributed by atoms with Crippen molar-refractivity contribution in [2.24, 2.45) is 0 Å². The Morgan fingerprint density at radius 1 is 1.43 bits per heavy atom. The van der Waals surface area contributed by atoms with Crippen LogP contribution >= 0.6 is 0 Å². The van der Waals surface area contributed by atoms with Crippen LogP contribution in [0, 0.1) is 6.92 Å². The van der Waals surface area contributed by atoms with Crippen molar-refractivity contribution in [3.63, 3.8) is 0 Å². The van der Waals surface area contributed by atoms with Crippen LogP contribution in [0.5, 0.6) is 0 Å². The van der Waals surface area contributed by atoms with Gasteiger partial charge >= 0.3 is 0 Å². The van der Waals surface area contributed by atoms with Gasteiger partial charge in [-0.1, -0.05) is 12.1 Å². The molecule has 1 aromatic heterocycles. The molecule has 0 fully saturated rings. The lowest BCUT2D eigenvalue weighted by atomic mass is 10.0. The topological polar surface area (TPSA) is 71.8 Å². The molecule has 2 unspecified atom stereocenters. The number of amides is 1. The first-order valence-electron chi connectivity index (χ1n) is 8.08. The number of carbonyl (C=O) groups is 1. The summed E-state index contributed by atoms with van der Waals surface area (Å²) >= 11 is 0. The van der Waals surface area contributed by atoms with Gasteiger partial charge in [0.25, 0.3) is 0 Å². The molecular formula is C17H23N5O. The van der Waals surface area contributed by atoms with Gasteiger partial charge < -0.3 is 10.6 Å². The number of carbonyl (C=O) groups excluding carboxylic acids is 1. The zero-order chi connectivity index (χ0) is 16.4. The molecule has 6 heteroatoms. The van der Waals surface area contributed by atoms with Crippen molar-refractivity contribution in [1.29, 1.82) is 0 Å². The van der Waals surface area contributed by atoms with Crippen molar-refractivity contribution in [1.82, 2.24) is 20.1 Å². The van der Waals surface area contributed by atoms with Gasteiger partial charge in [0.2, 0.25) is 5.91 Å². The van der Waals surface area contributed by atoms with Gasteiger partial charge in [-0.05, 0) is 44.4 Å². The average molecular weight is 313 g/mol. The highest BCUT2D eigenvalue weighted by Crippen LogP contribution is 2.27. The minimum atomic E-state index is -0.0568. The summed E-state index contributed by atoms with van der Waals surface area (Å²) < 4.78 is 2.01. The van der Waals surface area contributed by atoms with Crippen LogP contribution < -0.4 is 10.6 Å². The number of aromatic nitrogens is 3. The summed E-state index contributed by atoms with van der Waals surface area (Å²) in [7, 11) is 0. The first-order chi connectivity index (χ1) is 11.0. The molecule has 1 aliphatic heterocycles. The molecule has 2 N–H and O–H groups in total. The Balaban J connectivity index is 1.75. The van der Waals surface area contributed by atoms with Gasteiger partial charge in [-0.25, -0.2) is 9.67 Å². The van der Waals surface area contributed by atoms with E-state index in [0.717, 1.165) is 42.3 Å². The number of anilines is 1. The van der Waals surface area contributed by atoms with Crippen molar-refractivity contribution in [2.45, 2.75) is 52.2 Å². The standard InChI is InChI=1S/C17H23N5O/c1-11(14-6-4-7-15(10-14)20-13(3)23)18-16-8-5-9-22-17(16)19-12(2)21-22/h4,6-7,10-11,16,18H,5,8-9H2,1-3H3,(H,20,23). The van der Waals surface area contributed by atoms with E-state index in [1.807, 2.05) is 29.8 Å². The molecule has 23 heavy (non-hydrogen) atoms. The van der Waals surface area contributed by atoms with E-state index >= 15 is 0 Å². The largest absolute Gasteiger partial charge is 0.326 e. The monoisotopic (exact) mass is 313 g/mol. The highest BCUT2D eigenvalue weighted by molar-refractivity contribution is 5.88. The van der Waals surface area contributed by atoms with E-state index in [-0.39, 0.29) is 18.0 Å². The fourth-order valence-electron chi connectivity index (χ4n) is 3.11. The van der Waals surface area contributed by atoms with Gasteiger partial charge in [0.1, 0.15) is 11.6 Å². The first-order valence-corrected chi connectivity index (χ1v) is 8.08. The Morgan fingerprint density at radius 2 is 2.26 bits per heavy atom. The fraction of sp³-hybridized carbons (Fsp3) is 0.471. The Hall–Kier alpha value is -2.21. The Bertz CT molecular complexity index is 709. The second-order valence-corrected chi connectivity index (χ2v) is 6.13. The molecule has 122 valence electrons. The molecule has 1 amide bonds. The minimum absolute atomic E-state index is 0.0568. The molecule has 0 saturated heterocycles. The SMILES string of the molecule is CC(=O)Nc1cccc(C(C)NC2CCCn3nc(C)nc32)c1. The first kappa shape index (κ1) is 15.7. The Morgan fingerprint density at radius 3 is 3.04 bits per heavy atom. The smallest absolute Gasteiger partial charge is 0.221 e. The Labute approximate surface area is 136 Å². The molecule has 2 aromatic rings. The van der Waals surface area contributed by atoms with Gasteiger partial charge in [-0.2, -0.15) is 5.10 Å². The number of hydrogen-bond acceptors (Lipinski definition) is 4. The zero-order valence-electron chi connectivity index (χ0n) is 13.8.